The molecule has 0 radical (unpaired) electrons. The Bertz CT molecular complexity index is 1430. The Hall–Kier alpha value is -3.37. The van der Waals surface area contributed by atoms with Gasteiger partial charge in [0.05, 0.1) is 29.7 Å². The zero-order chi connectivity index (χ0) is 25.9. The highest BCUT2D eigenvalue weighted by Crippen LogP contribution is 2.55. The smallest absolute Gasteiger partial charge is 0.162 e. The van der Waals surface area contributed by atoms with Crippen LogP contribution in [0.2, 0.25) is 0 Å². The van der Waals surface area contributed by atoms with Crippen LogP contribution in [0.4, 0.5) is 5.00 Å². The number of aryl methyl sites for hydroxylation is 1. The highest BCUT2D eigenvalue weighted by atomic mass is 32.1. The Morgan fingerprint density at radius 1 is 1.19 bits per heavy atom. The molecule has 6 nitrogen and oxygen atoms in total. The molecular weight excluding hydrogens is 480 g/mol. The summed E-state index contributed by atoms with van der Waals surface area (Å²) in [6.07, 6.45) is 6.79. The summed E-state index contributed by atoms with van der Waals surface area (Å²) >= 11 is 1.77. The van der Waals surface area contributed by atoms with Crippen molar-refractivity contribution in [3.63, 3.8) is 0 Å². The van der Waals surface area contributed by atoms with Gasteiger partial charge in [0.2, 0.25) is 0 Å². The lowest BCUT2D eigenvalue weighted by molar-refractivity contribution is -0.118. The maximum absolute atomic E-state index is 13.9. The molecule has 0 amide bonds. The number of hydrogen-bond donors (Lipinski definition) is 1. The van der Waals surface area contributed by atoms with Gasteiger partial charge in [-0.25, -0.2) is 4.99 Å². The van der Waals surface area contributed by atoms with E-state index in [0.29, 0.717) is 30.3 Å². The Kier molecular flexibility index (Phi) is 5.76. The van der Waals surface area contributed by atoms with Crippen LogP contribution in [0.5, 0.6) is 5.75 Å². The van der Waals surface area contributed by atoms with E-state index in [1.807, 2.05) is 31.2 Å². The summed E-state index contributed by atoms with van der Waals surface area (Å²) in [5.74, 6) is 1.47. The third-order valence-corrected chi connectivity index (χ3v) is 9.21. The standard InChI is InChI=1S/C30H32N4O2S/c1-4-36-18-12-10-17(11-13-18)24-20(16-31)28-33-27(32)25-19-8-6-5-7-9-23(19)37-29(25)34(28)21-14-30(2,3)15-22(35)26(21)24/h10-13,24H,4-9,14-15H2,1-3H3,(H2,32,33). The van der Waals surface area contributed by atoms with Crippen molar-refractivity contribution >= 4 is 28.0 Å². The molecule has 1 aromatic carbocycles. The fourth-order valence-electron chi connectivity index (χ4n) is 6.37. The second-order valence-corrected chi connectivity index (χ2v) is 12.2. The number of amidine groups is 1. The molecule has 1 atom stereocenters. The number of Topliss-reactive ketones (excluding diaryl/α,β-unsaturated/α-hetero) is 1. The summed E-state index contributed by atoms with van der Waals surface area (Å²) in [4.78, 5) is 22.3. The Morgan fingerprint density at radius 2 is 1.95 bits per heavy atom. The lowest BCUT2D eigenvalue weighted by Gasteiger charge is -2.44. The van der Waals surface area contributed by atoms with Crippen molar-refractivity contribution in [2.75, 3.05) is 11.5 Å². The van der Waals surface area contributed by atoms with Crippen molar-refractivity contribution in [3.05, 3.63) is 68.5 Å². The zero-order valence-corrected chi connectivity index (χ0v) is 22.5. The summed E-state index contributed by atoms with van der Waals surface area (Å²) in [5.41, 5.74) is 11.9. The molecule has 0 saturated carbocycles. The van der Waals surface area contributed by atoms with Gasteiger partial charge in [-0.15, -0.1) is 11.3 Å². The van der Waals surface area contributed by atoms with Gasteiger partial charge in [-0.05, 0) is 67.7 Å². The number of ether oxygens (including phenoxy) is 1. The molecular formula is C30H32N4O2S. The van der Waals surface area contributed by atoms with Gasteiger partial charge in [-0.3, -0.25) is 9.69 Å². The summed E-state index contributed by atoms with van der Waals surface area (Å²) < 4.78 is 5.64. The van der Waals surface area contributed by atoms with Crippen LogP contribution in [-0.2, 0) is 17.6 Å². The molecule has 6 rings (SSSR count). The highest BCUT2D eigenvalue weighted by Gasteiger charge is 2.47. The molecule has 0 bridgehead atoms. The van der Waals surface area contributed by atoms with Crippen molar-refractivity contribution in [1.82, 2.24) is 0 Å². The fraction of sp³-hybridized carbons (Fsp3) is 0.433. The maximum Gasteiger partial charge on any atom is 0.162 e. The molecule has 1 unspecified atom stereocenters. The number of thiophene rings is 1. The van der Waals surface area contributed by atoms with Crippen molar-refractivity contribution in [2.24, 2.45) is 16.1 Å². The number of anilines is 1. The van der Waals surface area contributed by atoms with Gasteiger partial charge in [0, 0.05) is 22.6 Å². The molecule has 2 aliphatic carbocycles. The first-order chi connectivity index (χ1) is 17.8. The molecule has 7 heteroatoms. The predicted octanol–water partition coefficient (Wildman–Crippen LogP) is 6.12. The summed E-state index contributed by atoms with van der Waals surface area (Å²) in [6.45, 7) is 6.83. The molecule has 3 heterocycles. The number of rotatable bonds is 3. The van der Waals surface area contributed by atoms with Crippen molar-refractivity contribution in [3.8, 4) is 11.8 Å². The number of benzene rings is 1. The van der Waals surface area contributed by atoms with Crippen molar-refractivity contribution < 1.29 is 9.53 Å². The Morgan fingerprint density at radius 3 is 2.68 bits per heavy atom. The van der Waals surface area contributed by atoms with Gasteiger partial charge in [-0.2, -0.15) is 5.26 Å². The van der Waals surface area contributed by atoms with E-state index < -0.39 is 5.92 Å². The molecule has 4 aliphatic rings. The number of allylic oxidation sites excluding steroid dienone is 3. The first-order valence-electron chi connectivity index (χ1n) is 13.3. The average Bonchev–Trinajstić information content (AvgIpc) is 3.06. The van der Waals surface area contributed by atoms with Crippen LogP contribution < -0.4 is 15.4 Å². The van der Waals surface area contributed by atoms with Crippen LogP contribution in [0.3, 0.4) is 0 Å². The van der Waals surface area contributed by atoms with Crippen LogP contribution in [0, 0.1) is 16.7 Å². The van der Waals surface area contributed by atoms with Crippen LogP contribution >= 0.6 is 11.3 Å². The number of hydrogen-bond acceptors (Lipinski definition) is 7. The third kappa shape index (κ3) is 3.81. The number of nitriles is 1. The Balaban J connectivity index is 1.60. The molecule has 0 saturated heterocycles. The van der Waals surface area contributed by atoms with Crippen molar-refractivity contribution in [1.29, 1.82) is 5.26 Å². The first kappa shape index (κ1) is 24.0. The highest BCUT2D eigenvalue weighted by molar-refractivity contribution is 7.17. The molecule has 2 aliphatic heterocycles. The van der Waals surface area contributed by atoms with Crippen molar-refractivity contribution in [2.45, 2.75) is 71.6 Å². The summed E-state index contributed by atoms with van der Waals surface area (Å²) in [6, 6.07) is 10.2. The van der Waals surface area contributed by atoms with Gasteiger partial charge in [0.15, 0.2) is 11.6 Å². The summed E-state index contributed by atoms with van der Waals surface area (Å²) in [5, 5.41) is 11.5. The Labute approximate surface area is 222 Å². The lowest BCUT2D eigenvalue weighted by Crippen LogP contribution is -2.41. The lowest BCUT2D eigenvalue weighted by atomic mass is 9.68. The minimum absolute atomic E-state index is 0.110. The topological polar surface area (TPSA) is 91.7 Å². The molecule has 190 valence electrons. The first-order valence-corrected chi connectivity index (χ1v) is 14.1. The minimum atomic E-state index is -0.471. The van der Waals surface area contributed by atoms with E-state index in [4.69, 9.17) is 15.5 Å². The van der Waals surface area contributed by atoms with Crippen LogP contribution in [0.25, 0.3) is 0 Å². The van der Waals surface area contributed by atoms with Crippen LogP contribution in [-0.4, -0.2) is 18.2 Å². The number of aliphatic imine (C=N–C) groups is 1. The quantitative estimate of drug-likeness (QED) is 0.501. The average molecular weight is 513 g/mol. The second kappa shape index (κ2) is 8.88. The van der Waals surface area contributed by atoms with Gasteiger partial charge in [0.1, 0.15) is 16.6 Å². The van der Waals surface area contributed by atoms with E-state index in [0.717, 1.165) is 58.8 Å². The SMILES string of the molecule is CCOc1ccc(C2C(C#N)=C3N=C(N)c4c(sc5c4CCCCC5)N3C3=C2C(=O)CC(C)(C)C3)cc1. The molecule has 2 aromatic rings. The van der Waals surface area contributed by atoms with Gasteiger partial charge < -0.3 is 10.5 Å². The largest absolute Gasteiger partial charge is 0.494 e. The maximum atomic E-state index is 13.9. The van der Waals surface area contributed by atoms with Crippen LogP contribution in [0.15, 0.2) is 51.9 Å². The number of carbonyl (C=O) groups excluding carboxylic acids is 1. The molecule has 0 fully saturated rings. The van der Waals surface area contributed by atoms with Gasteiger partial charge in [0.25, 0.3) is 0 Å². The normalized spacial score (nSPS) is 22.3. The monoisotopic (exact) mass is 512 g/mol. The van der Waals surface area contributed by atoms with E-state index in [1.165, 1.54) is 23.3 Å². The van der Waals surface area contributed by atoms with Gasteiger partial charge >= 0.3 is 0 Å². The van der Waals surface area contributed by atoms with E-state index in [9.17, 15) is 10.1 Å². The molecule has 1 aromatic heterocycles. The number of ketones is 1. The van der Waals surface area contributed by atoms with Crippen LogP contribution in [0.1, 0.15) is 80.4 Å². The zero-order valence-electron chi connectivity index (χ0n) is 21.7. The molecule has 2 N–H and O–H groups in total. The fourth-order valence-corrected chi connectivity index (χ4v) is 7.80. The number of carbonyl (C=O) groups is 1. The van der Waals surface area contributed by atoms with E-state index in [2.05, 4.69) is 24.8 Å². The summed E-state index contributed by atoms with van der Waals surface area (Å²) in [7, 11) is 0. The number of nitrogens with zero attached hydrogens (tertiary/aromatic N) is 3. The van der Waals surface area contributed by atoms with Gasteiger partial charge in [-0.1, -0.05) is 32.4 Å². The van der Waals surface area contributed by atoms with E-state index in [-0.39, 0.29) is 11.2 Å². The molecule has 37 heavy (non-hydrogen) atoms. The van der Waals surface area contributed by atoms with E-state index >= 15 is 0 Å². The minimum Gasteiger partial charge on any atom is -0.494 e. The predicted molar refractivity (Wildman–Crippen MR) is 147 cm³/mol. The number of fused-ring (bicyclic) bond motifs is 6. The molecule has 0 spiro atoms. The second-order valence-electron chi connectivity index (χ2n) is 11.2. The number of nitrogens with two attached hydrogens (primary N) is 1. The van der Waals surface area contributed by atoms with E-state index in [1.54, 1.807) is 11.3 Å². The third-order valence-electron chi connectivity index (χ3n) is 7.93.